The molecule has 0 aliphatic carbocycles. The quantitative estimate of drug-likeness (QED) is 0.542. The van der Waals surface area contributed by atoms with Gasteiger partial charge >= 0.3 is 0 Å². The zero-order valence-electron chi connectivity index (χ0n) is 16.4. The van der Waals surface area contributed by atoms with Gasteiger partial charge in [0, 0.05) is 13.1 Å². The topological polar surface area (TPSA) is 110 Å². The van der Waals surface area contributed by atoms with Crippen molar-refractivity contribution < 1.29 is 4.79 Å². The highest BCUT2D eigenvalue weighted by Gasteiger charge is 2.21. The lowest BCUT2D eigenvalue weighted by atomic mass is 9.96. The number of hydrogen-bond acceptors (Lipinski definition) is 5. The lowest BCUT2D eigenvalue weighted by Crippen LogP contribution is -2.23. The van der Waals surface area contributed by atoms with Crippen LogP contribution < -0.4 is 10.9 Å². The van der Waals surface area contributed by atoms with E-state index in [0.29, 0.717) is 29.0 Å². The Morgan fingerprint density at radius 3 is 2.76 bits per heavy atom. The zero-order chi connectivity index (χ0) is 20.5. The highest BCUT2D eigenvalue weighted by molar-refractivity contribution is 5.95. The van der Waals surface area contributed by atoms with E-state index in [1.165, 1.54) is 15.6 Å². The largest absolute Gasteiger partial charge is 0.310 e. The molecule has 2 N–H and O–H groups in total. The van der Waals surface area contributed by atoms with E-state index in [2.05, 4.69) is 25.5 Å². The average molecular weight is 391 g/mol. The minimum absolute atomic E-state index is 0.149. The first kappa shape index (κ1) is 18.6. The number of fused-ring (bicyclic) bond motifs is 1. The third-order valence-electron chi connectivity index (χ3n) is 4.80. The molecule has 9 heteroatoms. The summed E-state index contributed by atoms with van der Waals surface area (Å²) in [5, 5.41) is 11.8. The van der Waals surface area contributed by atoms with Crippen molar-refractivity contribution in [3.05, 3.63) is 64.2 Å². The molecular formula is C20H21N7O2. The first-order valence-electron chi connectivity index (χ1n) is 9.32. The maximum absolute atomic E-state index is 13.0. The van der Waals surface area contributed by atoms with Crippen LogP contribution in [0.4, 0.5) is 5.82 Å². The number of amides is 1. The Morgan fingerprint density at radius 2 is 2.03 bits per heavy atom. The van der Waals surface area contributed by atoms with Crippen molar-refractivity contribution in [1.82, 2.24) is 29.5 Å². The van der Waals surface area contributed by atoms with E-state index in [9.17, 15) is 9.59 Å². The number of benzene rings is 1. The molecule has 0 aliphatic heterocycles. The van der Waals surface area contributed by atoms with Gasteiger partial charge < -0.3 is 5.32 Å². The Morgan fingerprint density at radius 1 is 1.28 bits per heavy atom. The second-order valence-corrected chi connectivity index (χ2v) is 6.84. The molecule has 1 unspecified atom stereocenters. The fourth-order valence-electron chi connectivity index (χ4n) is 3.34. The third kappa shape index (κ3) is 3.42. The Kier molecular flexibility index (Phi) is 4.71. The number of hydrogen-bond donors (Lipinski definition) is 2. The molecule has 1 amide bonds. The van der Waals surface area contributed by atoms with Crippen LogP contribution in [0.5, 0.6) is 0 Å². The van der Waals surface area contributed by atoms with Gasteiger partial charge in [-0.1, -0.05) is 37.3 Å². The first-order valence-corrected chi connectivity index (χ1v) is 9.32. The molecule has 0 saturated carbocycles. The van der Waals surface area contributed by atoms with E-state index in [1.54, 1.807) is 20.0 Å². The summed E-state index contributed by atoms with van der Waals surface area (Å²) >= 11 is 0. The van der Waals surface area contributed by atoms with Gasteiger partial charge in [-0.3, -0.25) is 19.3 Å². The number of rotatable bonds is 5. The number of aryl methyl sites for hydroxylation is 2. The van der Waals surface area contributed by atoms with Crippen LogP contribution in [0.2, 0.25) is 0 Å². The van der Waals surface area contributed by atoms with Gasteiger partial charge in [-0.2, -0.15) is 19.9 Å². The van der Waals surface area contributed by atoms with E-state index in [4.69, 9.17) is 0 Å². The summed E-state index contributed by atoms with van der Waals surface area (Å²) in [7, 11) is 1.71. The molecule has 148 valence electrons. The number of H-pyrrole nitrogens is 1. The van der Waals surface area contributed by atoms with Gasteiger partial charge in [0.25, 0.3) is 5.56 Å². The predicted octanol–water partition coefficient (Wildman–Crippen LogP) is 2.28. The summed E-state index contributed by atoms with van der Waals surface area (Å²) in [5.41, 5.74) is 1.74. The van der Waals surface area contributed by atoms with Gasteiger partial charge in [0.2, 0.25) is 11.9 Å². The Labute approximate surface area is 166 Å². The van der Waals surface area contributed by atoms with E-state index in [-0.39, 0.29) is 23.3 Å². The second kappa shape index (κ2) is 7.34. The minimum Gasteiger partial charge on any atom is -0.310 e. The molecule has 0 aliphatic rings. The number of carbonyl (C=O) groups excluding carboxylic acids is 1. The molecule has 0 radical (unpaired) electrons. The van der Waals surface area contributed by atoms with Gasteiger partial charge in [0.15, 0.2) is 5.65 Å². The fourth-order valence-corrected chi connectivity index (χ4v) is 3.34. The predicted molar refractivity (Wildman–Crippen MR) is 109 cm³/mol. The standard InChI is InChI=1S/C20H21N7O2/c1-4-14(13-8-6-5-7-9-13)18(28)22-16-10-12(2)25-27(16)20-23-17-15(19(29)24-20)11-21-26(17)3/h5-11,14H,4H2,1-3H3,(H,22,28)(H,23,24,29). The number of anilines is 1. The van der Waals surface area contributed by atoms with Crippen molar-refractivity contribution in [3.63, 3.8) is 0 Å². The van der Waals surface area contributed by atoms with Crippen LogP contribution in [0.1, 0.15) is 30.5 Å². The summed E-state index contributed by atoms with van der Waals surface area (Å²) < 4.78 is 2.95. The Hall–Kier alpha value is -3.75. The molecule has 4 rings (SSSR count). The van der Waals surface area contributed by atoms with Gasteiger partial charge in [-0.05, 0) is 18.9 Å². The van der Waals surface area contributed by atoms with Crippen LogP contribution >= 0.6 is 0 Å². The molecule has 29 heavy (non-hydrogen) atoms. The zero-order valence-corrected chi connectivity index (χ0v) is 16.4. The molecule has 4 aromatic rings. The number of nitrogens with one attached hydrogen (secondary N) is 2. The first-order chi connectivity index (χ1) is 14.0. The summed E-state index contributed by atoms with van der Waals surface area (Å²) in [6.07, 6.45) is 2.12. The van der Waals surface area contributed by atoms with Crippen LogP contribution in [0.3, 0.4) is 0 Å². The van der Waals surface area contributed by atoms with Crippen LogP contribution in [0, 0.1) is 6.92 Å². The minimum atomic E-state index is -0.320. The number of aromatic amines is 1. The molecule has 3 aromatic heterocycles. The lowest BCUT2D eigenvalue weighted by Gasteiger charge is -2.16. The molecule has 9 nitrogen and oxygen atoms in total. The van der Waals surface area contributed by atoms with Crippen molar-refractivity contribution >= 4 is 22.8 Å². The summed E-state index contributed by atoms with van der Waals surface area (Å²) in [6, 6.07) is 11.4. The average Bonchev–Trinajstić information content (AvgIpc) is 3.26. The Balaban J connectivity index is 1.71. The van der Waals surface area contributed by atoms with E-state index < -0.39 is 0 Å². The highest BCUT2D eigenvalue weighted by Crippen LogP contribution is 2.23. The number of carbonyl (C=O) groups is 1. The van der Waals surface area contributed by atoms with Crippen molar-refractivity contribution in [2.75, 3.05) is 5.32 Å². The maximum Gasteiger partial charge on any atom is 0.263 e. The molecule has 1 atom stereocenters. The lowest BCUT2D eigenvalue weighted by molar-refractivity contribution is -0.117. The molecular weight excluding hydrogens is 370 g/mol. The number of nitrogens with zero attached hydrogens (tertiary/aromatic N) is 5. The van der Waals surface area contributed by atoms with Crippen LogP contribution in [0.15, 0.2) is 47.4 Å². The molecule has 0 saturated heterocycles. The Bertz CT molecular complexity index is 1240. The maximum atomic E-state index is 13.0. The van der Waals surface area contributed by atoms with E-state index >= 15 is 0 Å². The molecule has 0 spiro atoms. The summed E-state index contributed by atoms with van der Waals surface area (Å²) in [4.78, 5) is 32.5. The molecule has 0 fully saturated rings. The smallest absolute Gasteiger partial charge is 0.263 e. The van der Waals surface area contributed by atoms with Gasteiger partial charge in [0.05, 0.1) is 17.8 Å². The van der Waals surface area contributed by atoms with Crippen molar-refractivity contribution in [3.8, 4) is 5.95 Å². The van der Waals surface area contributed by atoms with Crippen molar-refractivity contribution in [1.29, 1.82) is 0 Å². The third-order valence-corrected chi connectivity index (χ3v) is 4.80. The van der Waals surface area contributed by atoms with Gasteiger partial charge in [-0.15, -0.1) is 0 Å². The summed E-state index contributed by atoms with van der Waals surface area (Å²) in [5.74, 6) is 0.198. The van der Waals surface area contributed by atoms with Crippen molar-refractivity contribution in [2.24, 2.45) is 7.05 Å². The SMILES string of the molecule is CCC(C(=O)Nc1cc(C)nn1-c1nc2c(cnn2C)c(=O)[nH]1)c1ccccc1. The van der Waals surface area contributed by atoms with Crippen molar-refractivity contribution in [2.45, 2.75) is 26.2 Å². The van der Waals surface area contributed by atoms with Gasteiger partial charge in [0.1, 0.15) is 11.2 Å². The van der Waals surface area contributed by atoms with Crippen LogP contribution in [-0.2, 0) is 11.8 Å². The highest BCUT2D eigenvalue weighted by atomic mass is 16.2. The normalized spacial score (nSPS) is 12.2. The summed E-state index contributed by atoms with van der Waals surface area (Å²) in [6.45, 7) is 3.77. The monoisotopic (exact) mass is 391 g/mol. The second-order valence-electron chi connectivity index (χ2n) is 6.84. The van der Waals surface area contributed by atoms with Gasteiger partial charge in [-0.25, -0.2) is 0 Å². The van der Waals surface area contributed by atoms with Crippen LogP contribution in [-0.4, -0.2) is 35.4 Å². The number of aromatic nitrogens is 6. The molecule has 3 heterocycles. The molecule has 0 bridgehead atoms. The van der Waals surface area contributed by atoms with E-state index in [0.717, 1.165) is 5.56 Å². The van der Waals surface area contributed by atoms with Crippen LogP contribution in [0.25, 0.3) is 17.0 Å². The molecule has 1 aromatic carbocycles. The van der Waals surface area contributed by atoms with E-state index in [1.807, 2.05) is 37.3 Å². The fraction of sp³-hybridized carbons (Fsp3) is 0.250.